The molecular weight excluding hydrogens is 280 g/mol. The SMILES string of the molecule is CCCCCCCCc1csc2c1ccc1ccsc12. The minimum atomic E-state index is 1.25. The molecule has 0 atom stereocenters. The van der Waals surface area contributed by atoms with Crippen LogP contribution in [0.5, 0.6) is 0 Å². The van der Waals surface area contributed by atoms with Gasteiger partial charge in [-0.15, -0.1) is 22.7 Å². The Balaban J connectivity index is 1.66. The van der Waals surface area contributed by atoms with E-state index >= 15 is 0 Å². The smallest absolute Gasteiger partial charge is 0.0523 e. The highest BCUT2D eigenvalue weighted by Gasteiger charge is 2.08. The average molecular weight is 303 g/mol. The van der Waals surface area contributed by atoms with E-state index in [1.54, 1.807) is 5.56 Å². The van der Waals surface area contributed by atoms with Crippen LogP contribution in [0, 0.1) is 0 Å². The molecule has 0 spiro atoms. The zero-order valence-corrected chi connectivity index (χ0v) is 13.8. The summed E-state index contributed by atoms with van der Waals surface area (Å²) in [7, 11) is 0. The van der Waals surface area contributed by atoms with Gasteiger partial charge in [0, 0.05) is 0 Å². The number of rotatable bonds is 7. The van der Waals surface area contributed by atoms with Crippen LogP contribution in [0.2, 0.25) is 0 Å². The summed E-state index contributed by atoms with van der Waals surface area (Å²) in [5.74, 6) is 0. The molecule has 0 saturated carbocycles. The van der Waals surface area contributed by atoms with Crippen molar-refractivity contribution in [3.63, 3.8) is 0 Å². The second-order valence-electron chi connectivity index (χ2n) is 5.56. The molecule has 0 bridgehead atoms. The van der Waals surface area contributed by atoms with Gasteiger partial charge in [0.15, 0.2) is 0 Å². The van der Waals surface area contributed by atoms with Crippen LogP contribution in [-0.4, -0.2) is 0 Å². The third-order valence-electron chi connectivity index (χ3n) is 4.04. The fraction of sp³-hybridized carbons (Fsp3) is 0.444. The second-order valence-corrected chi connectivity index (χ2v) is 7.36. The van der Waals surface area contributed by atoms with Crippen molar-refractivity contribution in [3.05, 3.63) is 34.5 Å². The summed E-state index contributed by atoms with van der Waals surface area (Å²) in [6, 6.07) is 6.84. The van der Waals surface area contributed by atoms with E-state index in [4.69, 9.17) is 0 Å². The summed E-state index contributed by atoms with van der Waals surface area (Å²) >= 11 is 3.81. The van der Waals surface area contributed by atoms with Gasteiger partial charge in [-0.25, -0.2) is 0 Å². The molecule has 0 aliphatic carbocycles. The highest BCUT2D eigenvalue weighted by Crippen LogP contribution is 2.36. The highest BCUT2D eigenvalue weighted by molar-refractivity contribution is 7.25. The molecule has 0 amide bonds. The zero-order chi connectivity index (χ0) is 13.8. The van der Waals surface area contributed by atoms with Gasteiger partial charge in [0.05, 0.1) is 9.40 Å². The Morgan fingerprint density at radius 1 is 0.850 bits per heavy atom. The van der Waals surface area contributed by atoms with E-state index in [0.29, 0.717) is 0 Å². The monoisotopic (exact) mass is 302 g/mol. The van der Waals surface area contributed by atoms with Crippen LogP contribution in [0.4, 0.5) is 0 Å². The molecule has 3 aromatic rings. The summed E-state index contributed by atoms with van der Waals surface area (Å²) in [6.07, 6.45) is 9.55. The molecule has 2 heteroatoms. The summed E-state index contributed by atoms with van der Waals surface area (Å²) < 4.78 is 2.97. The first-order valence-corrected chi connectivity index (χ1v) is 9.52. The Bertz CT molecular complexity index is 675. The number of hydrogen-bond acceptors (Lipinski definition) is 2. The zero-order valence-electron chi connectivity index (χ0n) is 12.2. The van der Waals surface area contributed by atoms with Gasteiger partial charge in [-0.2, -0.15) is 0 Å². The molecule has 0 fully saturated rings. The lowest BCUT2D eigenvalue weighted by Gasteiger charge is -2.01. The van der Waals surface area contributed by atoms with Gasteiger partial charge in [0.1, 0.15) is 0 Å². The Hall–Kier alpha value is -0.860. The van der Waals surface area contributed by atoms with Gasteiger partial charge in [-0.1, -0.05) is 51.2 Å². The first-order valence-electron chi connectivity index (χ1n) is 7.76. The number of unbranched alkanes of at least 4 members (excludes halogenated alkanes) is 5. The minimum absolute atomic E-state index is 1.25. The van der Waals surface area contributed by atoms with Crippen LogP contribution in [0.25, 0.3) is 20.2 Å². The van der Waals surface area contributed by atoms with E-state index < -0.39 is 0 Å². The van der Waals surface area contributed by atoms with Crippen LogP contribution in [-0.2, 0) is 6.42 Å². The van der Waals surface area contributed by atoms with Gasteiger partial charge < -0.3 is 0 Å². The summed E-state index contributed by atoms with van der Waals surface area (Å²) in [6.45, 7) is 2.28. The standard InChI is InChI=1S/C18H22S2/c1-2-3-4-5-6-7-8-15-13-20-18-16(15)10-9-14-11-12-19-17(14)18/h9-13H,2-8H2,1H3. The van der Waals surface area contributed by atoms with Crippen molar-refractivity contribution in [2.75, 3.05) is 0 Å². The van der Waals surface area contributed by atoms with Gasteiger partial charge in [-0.3, -0.25) is 0 Å². The number of thiophene rings is 2. The third kappa shape index (κ3) is 2.91. The van der Waals surface area contributed by atoms with Crippen molar-refractivity contribution < 1.29 is 0 Å². The first kappa shape index (κ1) is 14.1. The molecule has 0 saturated heterocycles. The topological polar surface area (TPSA) is 0 Å². The number of aryl methyl sites for hydroxylation is 1. The summed E-state index contributed by atoms with van der Waals surface area (Å²) in [5.41, 5.74) is 1.57. The van der Waals surface area contributed by atoms with Crippen molar-refractivity contribution >= 4 is 42.8 Å². The van der Waals surface area contributed by atoms with E-state index in [2.05, 4.69) is 35.9 Å². The van der Waals surface area contributed by atoms with Crippen LogP contribution in [0.15, 0.2) is 29.0 Å². The molecule has 3 rings (SSSR count). The van der Waals surface area contributed by atoms with E-state index in [1.165, 1.54) is 65.1 Å². The Morgan fingerprint density at radius 2 is 1.70 bits per heavy atom. The molecule has 0 aliphatic rings. The molecule has 0 N–H and O–H groups in total. The van der Waals surface area contributed by atoms with E-state index in [-0.39, 0.29) is 0 Å². The van der Waals surface area contributed by atoms with Crippen LogP contribution in [0.3, 0.4) is 0 Å². The van der Waals surface area contributed by atoms with E-state index in [1.807, 2.05) is 22.7 Å². The maximum absolute atomic E-state index is 2.38. The fourth-order valence-corrected chi connectivity index (χ4v) is 5.04. The number of benzene rings is 1. The Labute approximate surface area is 129 Å². The molecule has 0 unspecified atom stereocenters. The molecule has 20 heavy (non-hydrogen) atoms. The van der Waals surface area contributed by atoms with Crippen LogP contribution in [0.1, 0.15) is 51.0 Å². The first-order chi connectivity index (χ1) is 9.90. The van der Waals surface area contributed by atoms with Crippen LogP contribution < -0.4 is 0 Å². The van der Waals surface area contributed by atoms with Crippen molar-refractivity contribution in [2.24, 2.45) is 0 Å². The maximum Gasteiger partial charge on any atom is 0.0523 e. The van der Waals surface area contributed by atoms with Crippen molar-refractivity contribution in [1.82, 2.24) is 0 Å². The van der Waals surface area contributed by atoms with Gasteiger partial charge in [0.2, 0.25) is 0 Å². The lowest BCUT2D eigenvalue weighted by Crippen LogP contribution is -1.84. The predicted octanol–water partition coefficient (Wildman–Crippen LogP) is 7.02. The molecule has 0 aliphatic heterocycles. The lowest BCUT2D eigenvalue weighted by atomic mass is 10.0. The van der Waals surface area contributed by atoms with E-state index in [9.17, 15) is 0 Å². The van der Waals surface area contributed by atoms with Gasteiger partial charge in [-0.05, 0) is 46.0 Å². The molecular formula is C18H22S2. The fourth-order valence-electron chi connectivity index (χ4n) is 2.86. The number of fused-ring (bicyclic) bond motifs is 3. The summed E-state index contributed by atoms with van der Waals surface area (Å²) in [5, 5.41) is 7.49. The molecule has 0 radical (unpaired) electrons. The van der Waals surface area contributed by atoms with Crippen molar-refractivity contribution in [1.29, 1.82) is 0 Å². The highest BCUT2D eigenvalue weighted by atomic mass is 32.1. The molecule has 106 valence electrons. The Morgan fingerprint density at radius 3 is 2.60 bits per heavy atom. The average Bonchev–Trinajstić information content (AvgIpc) is 3.08. The van der Waals surface area contributed by atoms with Gasteiger partial charge >= 0.3 is 0 Å². The van der Waals surface area contributed by atoms with Gasteiger partial charge in [0.25, 0.3) is 0 Å². The maximum atomic E-state index is 2.38. The normalized spacial score (nSPS) is 11.7. The Kier molecular flexibility index (Phi) is 4.74. The molecule has 2 aromatic heterocycles. The van der Waals surface area contributed by atoms with Crippen molar-refractivity contribution in [2.45, 2.75) is 51.9 Å². The predicted molar refractivity (Wildman–Crippen MR) is 94.3 cm³/mol. The lowest BCUT2D eigenvalue weighted by molar-refractivity contribution is 0.608. The summed E-state index contributed by atoms with van der Waals surface area (Å²) in [4.78, 5) is 0. The quantitative estimate of drug-likeness (QED) is 0.411. The largest absolute Gasteiger partial charge is 0.142 e. The minimum Gasteiger partial charge on any atom is -0.142 e. The molecule has 1 aromatic carbocycles. The van der Waals surface area contributed by atoms with Crippen molar-refractivity contribution in [3.8, 4) is 0 Å². The van der Waals surface area contributed by atoms with E-state index in [0.717, 1.165) is 0 Å². The third-order valence-corrected chi connectivity index (χ3v) is 6.18. The number of hydrogen-bond donors (Lipinski definition) is 0. The molecule has 0 nitrogen and oxygen atoms in total. The second kappa shape index (κ2) is 6.73. The van der Waals surface area contributed by atoms with Crippen LogP contribution >= 0.6 is 22.7 Å². The molecule has 2 heterocycles.